The SMILES string of the molecule is CN1c2ccccc2[C@H](P(=O)(O)O)C[C@@H]1C(=O)O. The maximum absolute atomic E-state index is 11.5. The Morgan fingerprint density at radius 3 is 2.56 bits per heavy atom. The average molecular weight is 271 g/mol. The van der Waals surface area contributed by atoms with E-state index in [0.29, 0.717) is 11.3 Å². The number of hydrogen-bond donors (Lipinski definition) is 3. The molecule has 2 atom stereocenters. The van der Waals surface area contributed by atoms with Gasteiger partial charge in [0.25, 0.3) is 0 Å². The van der Waals surface area contributed by atoms with E-state index in [4.69, 9.17) is 5.11 Å². The first-order valence-corrected chi connectivity index (χ1v) is 7.10. The van der Waals surface area contributed by atoms with Crippen LogP contribution in [0.1, 0.15) is 17.6 Å². The minimum absolute atomic E-state index is 0.0902. The number of anilines is 1. The third-order valence-corrected chi connectivity index (χ3v) is 4.58. The van der Waals surface area contributed by atoms with Crippen molar-refractivity contribution in [2.24, 2.45) is 0 Å². The van der Waals surface area contributed by atoms with Crippen molar-refractivity contribution in [1.29, 1.82) is 0 Å². The van der Waals surface area contributed by atoms with Gasteiger partial charge < -0.3 is 19.8 Å². The van der Waals surface area contributed by atoms with Crippen LogP contribution in [-0.4, -0.2) is 34.0 Å². The Balaban J connectivity index is 2.55. The fourth-order valence-electron chi connectivity index (χ4n) is 2.34. The van der Waals surface area contributed by atoms with Crippen molar-refractivity contribution in [3.63, 3.8) is 0 Å². The summed E-state index contributed by atoms with van der Waals surface area (Å²) < 4.78 is 11.5. The van der Waals surface area contributed by atoms with Gasteiger partial charge >= 0.3 is 13.6 Å². The van der Waals surface area contributed by atoms with Crippen molar-refractivity contribution in [2.45, 2.75) is 18.1 Å². The molecule has 2 rings (SSSR count). The predicted octanol–water partition coefficient (Wildman–Crippen LogP) is 1.20. The number of nitrogens with zero attached hydrogens (tertiary/aromatic N) is 1. The molecule has 7 heteroatoms. The Hall–Kier alpha value is -1.36. The quantitative estimate of drug-likeness (QED) is 0.699. The number of aliphatic carboxylic acids is 1. The minimum Gasteiger partial charge on any atom is -0.480 e. The van der Waals surface area contributed by atoms with E-state index in [1.165, 1.54) is 0 Å². The molecule has 0 radical (unpaired) electrons. The van der Waals surface area contributed by atoms with Crippen molar-refractivity contribution < 1.29 is 24.3 Å². The number of carboxylic acid groups (broad SMARTS) is 1. The summed E-state index contributed by atoms with van der Waals surface area (Å²) in [5.74, 6) is -1.08. The normalized spacial score (nSPS) is 23.6. The number of benzene rings is 1. The molecule has 6 nitrogen and oxygen atoms in total. The molecular weight excluding hydrogens is 257 g/mol. The highest BCUT2D eigenvalue weighted by Gasteiger charge is 2.42. The van der Waals surface area contributed by atoms with Crippen molar-refractivity contribution in [3.05, 3.63) is 29.8 Å². The molecule has 18 heavy (non-hydrogen) atoms. The van der Waals surface area contributed by atoms with E-state index >= 15 is 0 Å². The largest absolute Gasteiger partial charge is 0.480 e. The number of likely N-dealkylation sites (N-methyl/N-ethyl adjacent to an activating group) is 1. The lowest BCUT2D eigenvalue weighted by molar-refractivity contribution is -0.138. The lowest BCUT2D eigenvalue weighted by atomic mass is 9.96. The Bertz CT molecular complexity index is 526. The predicted molar refractivity (Wildman–Crippen MR) is 65.7 cm³/mol. The number of para-hydroxylation sites is 1. The van der Waals surface area contributed by atoms with Gasteiger partial charge in [0.2, 0.25) is 0 Å². The minimum atomic E-state index is -4.37. The van der Waals surface area contributed by atoms with Crippen LogP contribution < -0.4 is 4.90 Å². The van der Waals surface area contributed by atoms with Crippen molar-refractivity contribution in [2.75, 3.05) is 11.9 Å². The van der Waals surface area contributed by atoms with E-state index in [2.05, 4.69) is 0 Å². The number of carbonyl (C=O) groups is 1. The molecule has 0 fully saturated rings. The summed E-state index contributed by atoms with van der Waals surface area (Å²) in [5.41, 5.74) is 0.0151. The lowest BCUT2D eigenvalue weighted by Crippen LogP contribution is -2.43. The number of rotatable bonds is 2. The fourth-order valence-corrected chi connectivity index (χ4v) is 3.39. The second-order valence-corrected chi connectivity index (χ2v) is 6.17. The van der Waals surface area contributed by atoms with Crippen LogP contribution in [-0.2, 0) is 9.36 Å². The Labute approximate surface area is 104 Å². The van der Waals surface area contributed by atoms with Gasteiger partial charge in [0, 0.05) is 12.7 Å². The summed E-state index contributed by atoms with van der Waals surface area (Å²) in [7, 11) is -2.75. The second kappa shape index (κ2) is 4.39. The molecule has 0 amide bonds. The van der Waals surface area contributed by atoms with E-state index in [1.54, 1.807) is 36.2 Å². The van der Waals surface area contributed by atoms with Crippen LogP contribution >= 0.6 is 7.60 Å². The molecule has 1 aliphatic rings. The highest BCUT2D eigenvalue weighted by atomic mass is 31.2. The fraction of sp³-hybridized carbons (Fsp3) is 0.364. The second-order valence-electron chi connectivity index (χ2n) is 4.36. The van der Waals surface area contributed by atoms with Gasteiger partial charge in [-0.25, -0.2) is 4.79 Å². The lowest BCUT2D eigenvalue weighted by Gasteiger charge is -2.37. The zero-order chi connectivity index (χ0) is 13.5. The monoisotopic (exact) mass is 271 g/mol. The van der Waals surface area contributed by atoms with Crippen LogP contribution in [0, 0.1) is 0 Å². The zero-order valence-electron chi connectivity index (χ0n) is 9.72. The molecule has 0 bridgehead atoms. The highest BCUT2D eigenvalue weighted by molar-refractivity contribution is 7.52. The standard InChI is InChI=1S/C11H14NO5P/c1-12-8-5-3-2-4-7(8)10(18(15,16)17)6-9(12)11(13)14/h2-5,9-10H,6H2,1H3,(H,13,14)(H2,15,16,17)/t9-,10-/m1/s1. The molecule has 98 valence electrons. The van der Waals surface area contributed by atoms with Crippen molar-refractivity contribution in [1.82, 2.24) is 0 Å². The highest BCUT2D eigenvalue weighted by Crippen LogP contribution is 2.58. The molecule has 0 aromatic heterocycles. The first-order chi connectivity index (χ1) is 8.32. The maximum atomic E-state index is 11.5. The van der Waals surface area contributed by atoms with Crippen LogP contribution in [0.2, 0.25) is 0 Å². The van der Waals surface area contributed by atoms with Gasteiger partial charge in [0.05, 0.1) is 5.66 Å². The van der Waals surface area contributed by atoms with Crippen molar-refractivity contribution in [3.8, 4) is 0 Å². The van der Waals surface area contributed by atoms with Gasteiger partial charge in [-0.2, -0.15) is 0 Å². The van der Waals surface area contributed by atoms with Crippen LogP contribution in [0.25, 0.3) is 0 Å². The van der Waals surface area contributed by atoms with E-state index in [-0.39, 0.29) is 6.42 Å². The summed E-state index contributed by atoms with van der Waals surface area (Å²) >= 11 is 0. The third kappa shape index (κ3) is 2.14. The van der Waals surface area contributed by atoms with Crippen LogP contribution in [0.3, 0.4) is 0 Å². The van der Waals surface area contributed by atoms with Gasteiger partial charge in [-0.15, -0.1) is 0 Å². The Morgan fingerprint density at radius 1 is 1.39 bits per heavy atom. The first-order valence-electron chi connectivity index (χ1n) is 5.42. The smallest absolute Gasteiger partial charge is 0.333 e. The molecular formula is C11H14NO5P. The van der Waals surface area contributed by atoms with E-state index in [1.807, 2.05) is 0 Å². The molecule has 0 aliphatic carbocycles. The Kier molecular flexibility index (Phi) is 3.19. The van der Waals surface area contributed by atoms with Gasteiger partial charge in [0.1, 0.15) is 6.04 Å². The van der Waals surface area contributed by atoms with Gasteiger partial charge in [-0.1, -0.05) is 18.2 Å². The van der Waals surface area contributed by atoms with Crippen LogP contribution in [0.4, 0.5) is 5.69 Å². The summed E-state index contributed by atoms with van der Waals surface area (Å²) in [5, 5.41) is 9.12. The van der Waals surface area contributed by atoms with Crippen LogP contribution in [0.5, 0.6) is 0 Å². The number of fused-ring (bicyclic) bond motifs is 1. The molecule has 0 unspecified atom stereocenters. The summed E-state index contributed by atoms with van der Waals surface area (Å²) in [6, 6.07) is 5.80. The van der Waals surface area contributed by atoms with E-state index in [0.717, 1.165) is 0 Å². The van der Waals surface area contributed by atoms with Crippen molar-refractivity contribution >= 4 is 19.3 Å². The number of carboxylic acids is 1. The van der Waals surface area contributed by atoms with E-state index in [9.17, 15) is 19.1 Å². The average Bonchev–Trinajstić information content (AvgIpc) is 2.27. The summed E-state index contributed by atoms with van der Waals surface area (Å²) in [6.07, 6.45) is -0.0902. The molecule has 0 saturated carbocycles. The summed E-state index contributed by atoms with van der Waals surface area (Å²) in [6.45, 7) is 0. The van der Waals surface area contributed by atoms with Gasteiger partial charge in [0.15, 0.2) is 0 Å². The molecule has 1 heterocycles. The Morgan fingerprint density at radius 2 is 2.00 bits per heavy atom. The number of hydrogen-bond acceptors (Lipinski definition) is 3. The maximum Gasteiger partial charge on any atom is 0.333 e. The summed E-state index contributed by atoms with van der Waals surface area (Å²) in [4.78, 5) is 31.4. The molecule has 0 saturated heterocycles. The topological polar surface area (TPSA) is 98.1 Å². The van der Waals surface area contributed by atoms with Gasteiger partial charge in [-0.3, -0.25) is 4.57 Å². The molecule has 1 aromatic carbocycles. The van der Waals surface area contributed by atoms with E-state index < -0.39 is 25.3 Å². The first kappa shape index (κ1) is 13.1. The molecule has 3 N–H and O–H groups in total. The zero-order valence-corrected chi connectivity index (χ0v) is 10.6. The third-order valence-electron chi connectivity index (χ3n) is 3.28. The van der Waals surface area contributed by atoms with Crippen LogP contribution in [0.15, 0.2) is 24.3 Å². The molecule has 1 aromatic rings. The molecule has 1 aliphatic heterocycles. The molecule has 0 spiro atoms. The van der Waals surface area contributed by atoms with Gasteiger partial charge in [-0.05, 0) is 18.1 Å².